The number of anilines is 3. The molecule has 0 bridgehead atoms. The Morgan fingerprint density at radius 3 is 2.63 bits per heavy atom. The number of H-pyrrole nitrogens is 1. The van der Waals surface area contributed by atoms with Gasteiger partial charge in [0.1, 0.15) is 12.0 Å². The van der Waals surface area contributed by atoms with Crippen LogP contribution in [0, 0.1) is 0 Å². The molecule has 4 aromatic rings. The maximum atomic E-state index is 4.74. The van der Waals surface area contributed by atoms with E-state index in [1.165, 1.54) is 5.69 Å². The van der Waals surface area contributed by atoms with Crippen molar-refractivity contribution < 1.29 is 0 Å². The first-order valence-electron chi connectivity index (χ1n) is 12.4. The molecule has 35 heavy (non-hydrogen) atoms. The number of nitrogens with one attached hydrogen (secondary N) is 2. The lowest BCUT2D eigenvalue weighted by Crippen LogP contribution is -2.46. The van der Waals surface area contributed by atoms with Crippen molar-refractivity contribution in [2.24, 2.45) is 0 Å². The van der Waals surface area contributed by atoms with Crippen LogP contribution in [0.15, 0.2) is 61.3 Å². The molecule has 1 unspecified atom stereocenters. The average molecular weight is 470 g/mol. The Morgan fingerprint density at radius 1 is 1.00 bits per heavy atom. The minimum absolute atomic E-state index is 0.135. The van der Waals surface area contributed by atoms with Crippen LogP contribution >= 0.6 is 0 Å². The lowest BCUT2D eigenvalue weighted by molar-refractivity contribution is 0.271. The van der Waals surface area contributed by atoms with E-state index in [2.05, 4.69) is 90.1 Å². The molecule has 0 amide bonds. The molecule has 5 heterocycles. The quantitative estimate of drug-likeness (QED) is 0.439. The summed E-state index contributed by atoms with van der Waals surface area (Å²) in [6, 6.07) is 10.6. The summed E-state index contributed by atoms with van der Waals surface area (Å²) in [5.41, 5.74) is 4.21. The Labute approximate surface area is 205 Å². The van der Waals surface area contributed by atoms with E-state index < -0.39 is 0 Å². The van der Waals surface area contributed by atoms with Gasteiger partial charge >= 0.3 is 0 Å². The molecular weight excluding hydrogens is 438 g/mol. The Morgan fingerprint density at radius 2 is 1.86 bits per heavy atom. The number of benzene rings is 1. The lowest BCUT2D eigenvalue weighted by atomic mass is 10.1. The summed E-state index contributed by atoms with van der Waals surface area (Å²) in [5, 5.41) is 11.9. The van der Waals surface area contributed by atoms with Crippen molar-refractivity contribution in [1.29, 1.82) is 0 Å². The average Bonchev–Trinajstić information content (AvgIpc) is 3.59. The van der Waals surface area contributed by atoms with Gasteiger partial charge in [-0.1, -0.05) is 13.8 Å². The van der Waals surface area contributed by atoms with E-state index in [-0.39, 0.29) is 6.17 Å². The third-order valence-corrected chi connectivity index (χ3v) is 7.10. The molecule has 1 fully saturated rings. The van der Waals surface area contributed by atoms with E-state index in [9.17, 15) is 0 Å². The van der Waals surface area contributed by atoms with E-state index in [1.807, 2.05) is 24.8 Å². The monoisotopic (exact) mass is 469 g/mol. The molecule has 0 radical (unpaired) electrons. The van der Waals surface area contributed by atoms with Crippen LogP contribution in [0.3, 0.4) is 0 Å². The van der Waals surface area contributed by atoms with E-state index in [0.717, 1.165) is 73.1 Å². The molecule has 9 nitrogen and oxygen atoms in total. The fourth-order valence-corrected chi connectivity index (χ4v) is 5.10. The number of fused-ring (bicyclic) bond motifs is 2. The van der Waals surface area contributed by atoms with Gasteiger partial charge in [-0.15, -0.1) is 0 Å². The molecule has 180 valence electrons. The molecule has 9 heteroatoms. The number of aromatic amines is 1. The number of piperazine rings is 1. The largest absolute Gasteiger partial charge is 0.368 e. The number of hydrogen-bond donors (Lipinski definition) is 2. The van der Waals surface area contributed by atoms with Gasteiger partial charge in [0.05, 0.1) is 29.3 Å². The molecule has 1 aromatic carbocycles. The van der Waals surface area contributed by atoms with Crippen LogP contribution in [0.5, 0.6) is 0 Å². The number of nitrogens with zero attached hydrogens (tertiary/aromatic N) is 7. The fraction of sp³-hybridized carbons (Fsp3) is 0.346. The van der Waals surface area contributed by atoms with Crippen LogP contribution < -0.4 is 15.1 Å². The number of rotatable bonds is 6. The highest BCUT2D eigenvalue weighted by atomic mass is 15.3. The first-order valence-corrected chi connectivity index (χ1v) is 12.4. The smallest absolute Gasteiger partial charge is 0.159 e. The number of aromatic nitrogens is 5. The molecular formula is C26H31N9. The second-order valence-electron chi connectivity index (χ2n) is 9.09. The highest BCUT2D eigenvalue weighted by molar-refractivity contribution is 5.83. The Bertz CT molecular complexity index is 1330. The molecule has 3 aromatic heterocycles. The maximum Gasteiger partial charge on any atom is 0.159 e. The van der Waals surface area contributed by atoms with Crippen LogP contribution in [0.2, 0.25) is 0 Å². The van der Waals surface area contributed by atoms with Crippen molar-refractivity contribution in [3.63, 3.8) is 0 Å². The molecule has 1 atom stereocenters. The van der Waals surface area contributed by atoms with Crippen molar-refractivity contribution in [1.82, 2.24) is 29.6 Å². The molecule has 0 spiro atoms. The highest BCUT2D eigenvalue weighted by Crippen LogP contribution is 2.35. The lowest BCUT2D eigenvalue weighted by Gasteiger charge is -2.36. The summed E-state index contributed by atoms with van der Waals surface area (Å²) in [6.45, 7) is 9.82. The van der Waals surface area contributed by atoms with E-state index in [0.29, 0.717) is 0 Å². The topological polar surface area (TPSA) is 81.1 Å². The van der Waals surface area contributed by atoms with Gasteiger partial charge in [-0.2, -0.15) is 5.10 Å². The van der Waals surface area contributed by atoms with Gasteiger partial charge in [-0.3, -0.25) is 5.10 Å². The fourth-order valence-electron chi connectivity index (χ4n) is 5.10. The number of pyridine rings is 1. The minimum Gasteiger partial charge on any atom is -0.368 e. The van der Waals surface area contributed by atoms with Crippen LogP contribution in [0.1, 0.15) is 32.3 Å². The second-order valence-corrected chi connectivity index (χ2v) is 9.09. The summed E-state index contributed by atoms with van der Waals surface area (Å²) in [4.78, 5) is 16.6. The summed E-state index contributed by atoms with van der Waals surface area (Å²) in [5.74, 6) is 1.72. The molecule has 2 aliphatic heterocycles. The molecule has 6 rings (SSSR count). The number of imidazole rings is 1. The van der Waals surface area contributed by atoms with Gasteiger partial charge in [0.15, 0.2) is 5.82 Å². The number of likely N-dealkylation sites (N-methyl/N-ethyl adjacent to an activating group) is 1. The Balaban J connectivity index is 1.27. The first-order chi connectivity index (χ1) is 17.2. The number of hydrogen-bond acceptors (Lipinski definition) is 7. The van der Waals surface area contributed by atoms with Gasteiger partial charge in [-0.05, 0) is 43.3 Å². The van der Waals surface area contributed by atoms with Crippen LogP contribution in [-0.4, -0.2) is 62.4 Å². The van der Waals surface area contributed by atoms with E-state index >= 15 is 0 Å². The summed E-state index contributed by atoms with van der Waals surface area (Å²) < 4.78 is 2.22. The molecule has 2 N–H and O–H groups in total. The molecule has 0 aliphatic carbocycles. The Kier molecular flexibility index (Phi) is 5.61. The van der Waals surface area contributed by atoms with Crippen LogP contribution in [-0.2, 0) is 0 Å². The predicted octanol–water partition coefficient (Wildman–Crippen LogP) is 4.14. The standard InChI is InChI=1S/C26H31N9/c1-3-25-34-10-9-27-26(34)23(18-35(25)20-6-5-19-16-29-31-22(19)15-20)30-24-8-7-21(17-28-24)33-13-11-32(4-2)12-14-33/h5-10,15-18,25H,3-4,11-14H2,1-2H3,(H,28,30)(H,29,31). The third kappa shape index (κ3) is 4.01. The zero-order chi connectivity index (χ0) is 23.8. The van der Waals surface area contributed by atoms with Gasteiger partial charge in [0, 0.05) is 55.8 Å². The van der Waals surface area contributed by atoms with Crippen molar-refractivity contribution in [2.45, 2.75) is 26.4 Å². The second kappa shape index (κ2) is 9.07. The van der Waals surface area contributed by atoms with E-state index in [4.69, 9.17) is 4.98 Å². The zero-order valence-corrected chi connectivity index (χ0v) is 20.2. The maximum absolute atomic E-state index is 4.74. The molecule has 2 aliphatic rings. The normalized spacial score (nSPS) is 18.6. The van der Waals surface area contributed by atoms with Gasteiger partial charge in [-0.25, -0.2) is 9.97 Å². The van der Waals surface area contributed by atoms with Gasteiger partial charge in [0.2, 0.25) is 0 Å². The van der Waals surface area contributed by atoms with Gasteiger partial charge in [0.25, 0.3) is 0 Å². The minimum atomic E-state index is 0.135. The third-order valence-electron chi connectivity index (χ3n) is 7.10. The van der Waals surface area contributed by atoms with Crippen molar-refractivity contribution in [3.8, 4) is 0 Å². The van der Waals surface area contributed by atoms with Crippen molar-refractivity contribution >= 4 is 33.8 Å². The van der Waals surface area contributed by atoms with Crippen LogP contribution in [0.4, 0.5) is 17.2 Å². The predicted molar refractivity (Wildman–Crippen MR) is 140 cm³/mol. The SMILES string of the molecule is CCC1N(c2ccc3cn[nH]c3c2)C=C(Nc2ccc(N3CCN(CC)CC3)cn2)c2nccn21. The first kappa shape index (κ1) is 21.7. The van der Waals surface area contributed by atoms with E-state index in [1.54, 1.807) is 0 Å². The highest BCUT2D eigenvalue weighted by Gasteiger charge is 2.28. The summed E-state index contributed by atoms with van der Waals surface area (Å²) in [7, 11) is 0. The van der Waals surface area contributed by atoms with Crippen molar-refractivity contribution in [2.75, 3.05) is 47.8 Å². The zero-order valence-electron chi connectivity index (χ0n) is 20.2. The van der Waals surface area contributed by atoms with Crippen LogP contribution in [0.25, 0.3) is 16.6 Å². The summed E-state index contributed by atoms with van der Waals surface area (Å²) in [6.07, 6.45) is 10.9. The van der Waals surface area contributed by atoms with Crippen molar-refractivity contribution in [3.05, 3.63) is 67.1 Å². The van der Waals surface area contributed by atoms with Gasteiger partial charge < -0.3 is 24.6 Å². The molecule has 0 saturated carbocycles. The summed E-state index contributed by atoms with van der Waals surface area (Å²) >= 11 is 0. The molecule has 1 saturated heterocycles. The Hall–Kier alpha value is -3.85.